The first kappa shape index (κ1) is 11.8. The van der Waals surface area contributed by atoms with Gasteiger partial charge in [0, 0.05) is 25.3 Å². The molecular formula is C12H15ClFNO. The number of methoxy groups -OCH3 is 1. The molecule has 0 bridgehead atoms. The van der Waals surface area contributed by atoms with E-state index in [9.17, 15) is 4.39 Å². The fourth-order valence-corrected chi connectivity index (χ4v) is 1.90. The number of halogens is 2. The molecule has 16 heavy (non-hydrogen) atoms. The smallest absolute Gasteiger partial charge is 0.146 e. The lowest BCUT2D eigenvalue weighted by molar-refractivity contribution is 0.193. The highest BCUT2D eigenvalue weighted by Crippen LogP contribution is 2.40. The van der Waals surface area contributed by atoms with Gasteiger partial charge in [-0.05, 0) is 31.4 Å². The van der Waals surface area contributed by atoms with E-state index in [0.717, 1.165) is 18.5 Å². The predicted octanol–water partition coefficient (Wildman–Crippen LogP) is 3.41. The molecule has 1 aliphatic carbocycles. The number of pyridine rings is 1. The zero-order valence-corrected chi connectivity index (χ0v) is 10.0. The Hall–Kier alpha value is -0.670. The van der Waals surface area contributed by atoms with Crippen molar-refractivity contribution in [2.45, 2.75) is 30.6 Å². The van der Waals surface area contributed by atoms with E-state index in [-0.39, 0.29) is 5.82 Å². The van der Waals surface area contributed by atoms with Crippen molar-refractivity contribution in [3.63, 3.8) is 0 Å². The van der Waals surface area contributed by atoms with Crippen molar-refractivity contribution in [1.29, 1.82) is 0 Å². The number of nitrogens with zero attached hydrogens (tertiary/aromatic N) is 1. The molecule has 1 atom stereocenters. The van der Waals surface area contributed by atoms with Crippen molar-refractivity contribution in [2.75, 3.05) is 13.7 Å². The van der Waals surface area contributed by atoms with Crippen LogP contribution in [0.3, 0.4) is 0 Å². The molecule has 1 fully saturated rings. The minimum Gasteiger partial charge on any atom is -0.385 e. The molecule has 0 aromatic carbocycles. The Kier molecular flexibility index (Phi) is 3.77. The van der Waals surface area contributed by atoms with Crippen LogP contribution in [0.15, 0.2) is 12.1 Å². The number of hydrogen-bond donors (Lipinski definition) is 0. The van der Waals surface area contributed by atoms with Gasteiger partial charge in [-0.1, -0.05) is 0 Å². The molecule has 0 radical (unpaired) electrons. The number of rotatable bonds is 5. The largest absolute Gasteiger partial charge is 0.385 e. The summed E-state index contributed by atoms with van der Waals surface area (Å²) in [5.74, 6) is 0.200. The van der Waals surface area contributed by atoms with Gasteiger partial charge in [0.2, 0.25) is 0 Å². The second-order valence-electron chi connectivity index (χ2n) is 4.13. The van der Waals surface area contributed by atoms with Crippen LogP contribution < -0.4 is 0 Å². The fraction of sp³-hybridized carbons (Fsp3) is 0.583. The SMILES string of the molecule is COCCC(Cl)c1nc(C2CC2)ccc1F. The molecule has 1 aliphatic rings. The average Bonchev–Trinajstić information content (AvgIpc) is 3.10. The van der Waals surface area contributed by atoms with Crippen molar-refractivity contribution in [1.82, 2.24) is 4.98 Å². The van der Waals surface area contributed by atoms with Crippen LogP contribution in [0, 0.1) is 5.82 Å². The summed E-state index contributed by atoms with van der Waals surface area (Å²) in [4.78, 5) is 4.32. The van der Waals surface area contributed by atoms with E-state index in [1.165, 1.54) is 6.07 Å². The Balaban J connectivity index is 2.13. The maximum Gasteiger partial charge on any atom is 0.146 e. The second-order valence-corrected chi connectivity index (χ2v) is 4.65. The summed E-state index contributed by atoms with van der Waals surface area (Å²) in [5, 5.41) is -0.404. The maximum absolute atomic E-state index is 13.5. The molecule has 1 saturated carbocycles. The van der Waals surface area contributed by atoms with E-state index in [1.807, 2.05) is 0 Å². The van der Waals surface area contributed by atoms with Crippen molar-refractivity contribution < 1.29 is 9.13 Å². The molecule has 0 spiro atoms. The lowest BCUT2D eigenvalue weighted by Gasteiger charge is -2.10. The van der Waals surface area contributed by atoms with Crippen LogP contribution in [0.25, 0.3) is 0 Å². The highest BCUT2D eigenvalue weighted by molar-refractivity contribution is 6.20. The first-order valence-electron chi connectivity index (χ1n) is 5.51. The van der Waals surface area contributed by atoms with Gasteiger partial charge in [0.1, 0.15) is 5.82 Å². The van der Waals surface area contributed by atoms with E-state index in [4.69, 9.17) is 16.3 Å². The van der Waals surface area contributed by atoms with Crippen LogP contribution in [0.2, 0.25) is 0 Å². The van der Waals surface area contributed by atoms with Gasteiger partial charge in [-0.2, -0.15) is 0 Å². The summed E-state index contributed by atoms with van der Waals surface area (Å²) in [5.41, 5.74) is 1.34. The van der Waals surface area contributed by atoms with E-state index in [2.05, 4.69) is 4.98 Å². The zero-order chi connectivity index (χ0) is 11.5. The van der Waals surface area contributed by atoms with Gasteiger partial charge < -0.3 is 4.74 Å². The van der Waals surface area contributed by atoms with Crippen molar-refractivity contribution >= 4 is 11.6 Å². The number of ether oxygens (including phenoxy) is 1. The van der Waals surface area contributed by atoms with Crippen LogP contribution in [-0.4, -0.2) is 18.7 Å². The van der Waals surface area contributed by atoms with E-state index in [1.54, 1.807) is 13.2 Å². The van der Waals surface area contributed by atoms with Crippen LogP contribution >= 0.6 is 11.6 Å². The molecular weight excluding hydrogens is 229 g/mol. The minimum atomic E-state index is -0.404. The van der Waals surface area contributed by atoms with Crippen molar-refractivity contribution in [3.05, 3.63) is 29.3 Å². The van der Waals surface area contributed by atoms with E-state index < -0.39 is 5.38 Å². The molecule has 88 valence electrons. The molecule has 2 rings (SSSR count). The molecule has 0 N–H and O–H groups in total. The van der Waals surface area contributed by atoms with E-state index >= 15 is 0 Å². The fourth-order valence-electron chi connectivity index (χ4n) is 1.66. The van der Waals surface area contributed by atoms with Gasteiger partial charge in [0.25, 0.3) is 0 Å². The van der Waals surface area contributed by atoms with Crippen LogP contribution in [0.4, 0.5) is 4.39 Å². The van der Waals surface area contributed by atoms with Gasteiger partial charge in [0.15, 0.2) is 0 Å². The lowest BCUT2D eigenvalue weighted by Crippen LogP contribution is -2.04. The minimum absolute atomic E-state index is 0.319. The highest BCUT2D eigenvalue weighted by atomic mass is 35.5. The standard InChI is InChI=1S/C12H15ClFNO/c1-16-7-6-9(13)12-10(14)4-5-11(15-12)8-2-3-8/h4-5,8-9H,2-3,6-7H2,1H3. The van der Waals surface area contributed by atoms with Crippen molar-refractivity contribution in [2.24, 2.45) is 0 Å². The van der Waals surface area contributed by atoms with Gasteiger partial charge in [-0.15, -0.1) is 11.6 Å². The Morgan fingerprint density at radius 3 is 2.94 bits per heavy atom. The Morgan fingerprint density at radius 2 is 2.31 bits per heavy atom. The van der Waals surface area contributed by atoms with Gasteiger partial charge >= 0.3 is 0 Å². The van der Waals surface area contributed by atoms with Crippen LogP contribution in [-0.2, 0) is 4.74 Å². The van der Waals surface area contributed by atoms with Crippen LogP contribution in [0.5, 0.6) is 0 Å². The van der Waals surface area contributed by atoms with Gasteiger partial charge in [0.05, 0.1) is 11.1 Å². The molecule has 1 unspecified atom stereocenters. The third-order valence-corrected chi connectivity index (χ3v) is 3.19. The van der Waals surface area contributed by atoms with Crippen LogP contribution in [0.1, 0.15) is 41.9 Å². The second kappa shape index (κ2) is 5.11. The highest BCUT2D eigenvalue weighted by Gasteiger charge is 2.26. The molecule has 0 saturated heterocycles. The Bertz CT molecular complexity index is 368. The summed E-state index contributed by atoms with van der Waals surface area (Å²) in [6, 6.07) is 3.23. The lowest BCUT2D eigenvalue weighted by atomic mass is 10.1. The molecule has 1 aromatic heterocycles. The summed E-state index contributed by atoms with van der Waals surface area (Å²) in [6.07, 6.45) is 2.89. The Morgan fingerprint density at radius 1 is 1.56 bits per heavy atom. The summed E-state index contributed by atoms with van der Waals surface area (Å²) in [7, 11) is 1.61. The summed E-state index contributed by atoms with van der Waals surface area (Å²) in [6.45, 7) is 0.517. The third kappa shape index (κ3) is 2.71. The van der Waals surface area contributed by atoms with E-state index in [0.29, 0.717) is 24.6 Å². The first-order chi connectivity index (χ1) is 7.72. The number of aromatic nitrogens is 1. The summed E-state index contributed by atoms with van der Waals surface area (Å²) < 4.78 is 18.5. The van der Waals surface area contributed by atoms with Gasteiger partial charge in [-0.25, -0.2) is 4.39 Å². The number of alkyl halides is 1. The summed E-state index contributed by atoms with van der Waals surface area (Å²) >= 11 is 6.10. The molecule has 4 heteroatoms. The average molecular weight is 244 g/mol. The molecule has 1 aromatic rings. The molecule has 2 nitrogen and oxygen atoms in total. The molecule has 1 heterocycles. The molecule has 0 amide bonds. The predicted molar refractivity (Wildman–Crippen MR) is 61.3 cm³/mol. The van der Waals surface area contributed by atoms with Crippen molar-refractivity contribution in [3.8, 4) is 0 Å². The monoisotopic (exact) mass is 243 g/mol. The van der Waals surface area contributed by atoms with Gasteiger partial charge in [-0.3, -0.25) is 4.98 Å². The molecule has 0 aliphatic heterocycles. The quantitative estimate of drug-likeness (QED) is 0.740. The maximum atomic E-state index is 13.5. The Labute approximate surface area is 99.8 Å². The zero-order valence-electron chi connectivity index (χ0n) is 9.25. The normalized spacial score (nSPS) is 17.4. The first-order valence-corrected chi connectivity index (χ1v) is 5.95. The topological polar surface area (TPSA) is 22.1 Å². The third-order valence-electron chi connectivity index (χ3n) is 2.76. The number of hydrogen-bond acceptors (Lipinski definition) is 2.